The summed E-state index contributed by atoms with van der Waals surface area (Å²) in [7, 11) is 0. The first-order chi connectivity index (χ1) is 17.9. The molecule has 7 nitrogen and oxygen atoms in total. The van der Waals surface area contributed by atoms with Crippen LogP contribution in [0.15, 0.2) is 54.6 Å². The molecular weight excluding hydrogens is 475 g/mol. The quantitative estimate of drug-likeness (QED) is 0.330. The summed E-state index contributed by atoms with van der Waals surface area (Å²) in [5, 5.41) is 33.3. The van der Waals surface area contributed by atoms with E-state index in [1.54, 1.807) is 6.07 Å². The molecule has 1 fully saturated rings. The summed E-state index contributed by atoms with van der Waals surface area (Å²) >= 11 is 0. The van der Waals surface area contributed by atoms with Crippen molar-refractivity contribution in [3.8, 4) is 22.4 Å². The Balaban J connectivity index is 1.62. The number of halogens is 1. The molecule has 0 aliphatic heterocycles. The highest BCUT2D eigenvalue weighted by Crippen LogP contribution is 2.37. The molecule has 1 aliphatic carbocycles. The summed E-state index contributed by atoms with van der Waals surface area (Å²) in [5.74, 6) is -0.528. The Bertz CT molecular complexity index is 1160. The maximum absolute atomic E-state index is 14.3. The largest absolute Gasteiger partial charge is 0.480 e. The minimum absolute atomic E-state index is 0.263. The predicted molar refractivity (Wildman–Crippen MR) is 138 cm³/mol. The van der Waals surface area contributed by atoms with E-state index >= 15 is 0 Å². The Labute approximate surface area is 216 Å². The number of carbonyl (C=O) groups is 1. The summed E-state index contributed by atoms with van der Waals surface area (Å²) < 4.78 is 21.6. The Morgan fingerprint density at radius 2 is 1.76 bits per heavy atom. The van der Waals surface area contributed by atoms with E-state index in [0.29, 0.717) is 37.8 Å². The second-order valence-electron chi connectivity index (χ2n) is 9.90. The second kappa shape index (κ2) is 12.9. The van der Waals surface area contributed by atoms with Gasteiger partial charge in [-0.1, -0.05) is 42.5 Å². The highest BCUT2D eigenvalue weighted by Gasteiger charge is 2.26. The molecule has 37 heavy (non-hydrogen) atoms. The molecule has 0 unspecified atom stereocenters. The number of aliphatic hydroxyl groups is 2. The van der Waals surface area contributed by atoms with Gasteiger partial charge in [0.05, 0.1) is 19.3 Å². The molecule has 2 aromatic carbocycles. The average Bonchev–Trinajstić information content (AvgIpc) is 3.26. The van der Waals surface area contributed by atoms with E-state index in [9.17, 15) is 19.4 Å². The Kier molecular flexibility index (Phi) is 9.44. The van der Waals surface area contributed by atoms with Crippen LogP contribution in [0.3, 0.4) is 0 Å². The van der Waals surface area contributed by atoms with Gasteiger partial charge >= 0.3 is 5.97 Å². The summed E-state index contributed by atoms with van der Waals surface area (Å²) in [6, 6.07) is 16.3. The maximum atomic E-state index is 14.3. The third-order valence-electron chi connectivity index (χ3n) is 7.12. The Hall–Kier alpha value is -3.07. The molecule has 0 bridgehead atoms. The zero-order valence-electron chi connectivity index (χ0n) is 20.9. The van der Waals surface area contributed by atoms with Crippen LogP contribution in [0.1, 0.15) is 37.8 Å². The second-order valence-corrected chi connectivity index (χ2v) is 9.90. The first kappa shape index (κ1) is 27.0. The smallest absolute Gasteiger partial charge is 0.329 e. The fraction of sp³-hybridized carbons (Fsp3) is 0.448. The zero-order valence-corrected chi connectivity index (χ0v) is 20.9. The van der Waals surface area contributed by atoms with Crippen molar-refractivity contribution >= 4 is 5.97 Å². The van der Waals surface area contributed by atoms with Crippen LogP contribution in [0, 0.1) is 17.7 Å². The number of aliphatic carboxylic acids is 1. The number of aliphatic hydroxyl groups excluding tert-OH is 2. The molecule has 1 aliphatic rings. The van der Waals surface area contributed by atoms with Gasteiger partial charge in [-0.25, -0.2) is 9.18 Å². The van der Waals surface area contributed by atoms with Gasteiger partial charge in [0.25, 0.3) is 0 Å². The number of rotatable bonds is 12. The molecule has 3 N–H and O–H groups in total. The lowest BCUT2D eigenvalue weighted by Crippen LogP contribution is -2.24. The number of ether oxygens (including phenoxy) is 1. The van der Waals surface area contributed by atoms with Crippen molar-refractivity contribution in [3.63, 3.8) is 0 Å². The molecular formula is C29H35FN2O5. The van der Waals surface area contributed by atoms with Crippen LogP contribution in [0.5, 0.6) is 0 Å². The van der Waals surface area contributed by atoms with Gasteiger partial charge in [0.1, 0.15) is 18.1 Å². The normalized spacial score (nSPS) is 18.6. The van der Waals surface area contributed by atoms with Crippen molar-refractivity contribution in [2.24, 2.45) is 11.8 Å². The summed E-state index contributed by atoms with van der Waals surface area (Å²) in [6.07, 6.45) is 3.91. The van der Waals surface area contributed by atoms with Crippen LogP contribution in [-0.4, -0.2) is 57.0 Å². The van der Waals surface area contributed by atoms with Gasteiger partial charge in [-0.05, 0) is 68.1 Å². The van der Waals surface area contributed by atoms with Crippen molar-refractivity contribution in [1.29, 1.82) is 0 Å². The topological polar surface area (TPSA) is 105 Å². The number of nitrogens with zero attached hydrogens (tertiary/aromatic N) is 2. The first-order valence-corrected chi connectivity index (χ1v) is 12.9. The number of carboxylic acid groups (broad SMARTS) is 1. The molecule has 3 aromatic rings. The van der Waals surface area contributed by atoms with Crippen LogP contribution in [-0.2, 0) is 22.5 Å². The summed E-state index contributed by atoms with van der Waals surface area (Å²) in [5.41, 5.74) is 4.22. The lowest BCUT2D eigenvalue weighted by atomic mass is 9.82. The first-order valence-electron chi connectivity index (χ1n) is 12.9. The van der Waals surface area contributed by atoms with E-state index in [1.165, 1.54) is 12.1 Å². The Morgan fingerprint density at radius 1 is 1.05 bits per heavy atom. The third-order valence-corrected chi connectivity index (χ3v) is 7.12. The van der Waals surface area contributed by atoms with Crippen molar-refractivity contribution in [1.82, 2.24) is 9.78 Å². The molecule has 0 radical (unpaired) electrons. The average molecular weight is 511 g/mol. The lowest BCUT2D eigenvalue weighted by Gasteiger charge is -2.28. The minimum atomic E-state index is -0.950. The van der Waals surface area contributed by atoms with Gasteiger partial charge in [0.15, 0.2) is 0 Å². The number of hydrogen-bond donors (Lipinski definition) is 3. The number of hydrogen-bond acceptors (Lipinski definition) is 5. The summed E-state index contributed by atoms with van der Waals surface area (Å²) in [4.78, 5) is 10.7. The van der Waals surface area contributed by atoms with E-state index in [1.807, 2.05) is 41.1 Å². The van der Waals surface area contributed by atoms with Crippen LogP contribution in [0.2, 0.25) is 0 Å². The molecule has 1 heterocycles. The standard InChI is InChI=1S/C29H35FN2O5/c30-24-8-4-7-23(15-24)28-26(14-13-25(34)17-33)32(31-29(28)22-5-2-1-3-6-22)16-20-9-11-21(12-10-20)18-37-19-27(35)36/h1-8,15,20-21,25,33-34H,9-14,16-19H2,(H,35,36)/t20?,21?,25-/m0/s1. The van der Waals surface area contributed by atoms with Crippen molar-refractivity contribution < 1.29 is 29.2 Å². The van der Waals surface area contributed by atoms with Crippen LogP contribution < -0.4 is 0 Å². The molecule has 0 saturated heterocycles. The van der Waals surface area contributed by atoms with Crippen LogP contribution in [0.25, 0.3) is 22.4 Å². The van der Waals surface area contributed by atoms with Gasteiger partial charge in [-0.3, -0.25) is 4.68 Å². The monoisotopic (exact) mass is 510 g/mol. The van der Waals surface area contributed by atoms with Crippen LogP contribution in [0.4, 0.5) is 4.39 Å². The molecule has 1 saturated carbocycles. The number of benzene rings is 2. The van der Waals surface area contributed by atoms with Gasteiger partial charge in [-0.2, -0.15) is 5.10 Å². The van der Waals surface area contributed by atoms with Crippen molar-refractivity contribution in [2.45, 2.75) is 51.2 Å². The highest BCUT2D eigenvalue weighted by atomic mass is 19.1. The molecule has 8 heteroatoms. The highest BCUT2D eigenvalue weighted by molar-refractivity contribution is 5.82. The van der Waals surface area contributed by atoms with E-state index in [-0.39, 0.29) is 19.0 Å². The summed E-state index contributed by atoms with van der Waals surface area (Å²) in [6.45, 7) is 0.583. The molecule has 0 spiro atoms. The SMILES string of the molecule is O=C(O)COCC1CCC(Cn2nc(-c3ccccc3)c(-c3cccc(F)c3)c2CC[C@H](O)CO)CC1. The van der Waals surface area contributed by atoms with Gasteiger partial charge in [0, 0.05) is 23.4 Å². The van der Waals surface area contributed by atoms with E-state index in [2.05, 4.69) is 0 Å². The van der Waals surface area contributed by atoms with Gasteiger partial charge in [0.2, 0.25) is 0 Å². The molecule has 1 atom stereocenters. The minimum Gasteiger partial charge on any atom is -0.480 e. The fourth-order valence-corrected chi connectivity index (χ4v) is 5.18. The fourth-order valence-electron chi connectivity index (χ4n) is 5.18. The molecule has 0 amide bonds. The predicted octanol–water partition coefficient (Wildman–Crippen LogP) is 4.55. The maximum Gasteiger partial charge on any atom is 0.329 e. The van der Waals surface area contributed by atoms with E-state index in [0.717, 1.165) is 53.8 Å². The van der Waals surface area contributed by atoms with Crippen molar-refractivity contribution in [3.05, 3.63) is 66.1 Å². The Morgan fingerprint density at radius 3 is 2.43 bits per heavy atom. The number of carboxylic acids is 1. The van der Waals surface area contributed by atoms with Crippen LogP contribution >= 0.6 is 0 Å². The number of aromatic nitrogens is 2. The van der Waals surface area contributed by atoms with Gasteiger partial charge in [-0.15, -0.1) is 0 Å². The molecule has 198 valence electrons. The third kappa shape index (κ3) is 7.25. The molecule has 1 aromatic heterocycles. The van der Waals surface area contributed by atoms with Gasteiger partial charge < -0.3 is 20.1 Å². The zero-order chi connectivity index (χ0) is 26.2. The lowest BCUT2D eigenvalue weighted by molar-refractivity contribution is -0.142. The molecule has 4 rings (SSSR count). The van der Waals surface area contributed by atoms with E-state index < -0.39 is 12.1 Å². The van der Waals surface area contributed by atoms with Crippen molar-refractivity contribution in [2.75, 3.05) is 19.8 Å². The van der Waals surface area contributed by atoms with E-state index in [4.69, 9.17) is 14.9 Å².